The third-order valence-electron chi connectivity index (χ3n) is 2.68. The SMILES string of the molecule is Cc1ccc(-c2nnc(CC(C)(C)CC(=O)O)o2)o1. The Bertz CT molecular complexity index is 583. The average Bonchev–Trinajstić information content (AvgIpc) is 2.84. The first kappa shape index (κ1) is 13.3. The van der Waals surface area contributed by atoms with Crippen molar-refractivity contribution in [2.24, 2.45) is 5.41 Å². The lowest BCUT2D eigenvalue weighted by Crippen LogP contribution is -2.19. The quantitative estimate of drug-likeness (QED) is 0.892. The first-order valence-corrected chi connectivity index (χ1v) is 5.97. The zero-order valence-corrected chi connectivity index (χ0v) is 11.1. The number of furan rings is 1. The lowest BCUT2D eigenvalue weighted by atomic mass is 9.86. The molecule has 0 bridgehead atoms. The highest BCUT2D eigenvalue weighted by Crippen LogP contribution is 2.27. The molecule has 2 aromatic heterocycles. The Labute approximate surface area is 110 Å². The van der Waals surface area contributed by atoms with Crippen molar-refractivity contribution >= 4 is 5.97 Å². The zero-order chi connectivity index (χ0) is 14.0. The minimum Gasteiger partial charge on any atom is -0.481 e. The Hall–Kier alpha value is -2.11. The van der Waals surface area contributed by atoms with Crippen molar-refractivity contribution in [3.63, 3.8) is 0 Å². The number of hydrogen-bond donors (Lipinski definition) is 1. The largest absolute Gasteiger partial charge is 0.481 e. The van der Waals surface area contributed by atoms with E-state index in [0.29, 0.717) is 24.0 Å². The molecule has 0 unspecified atom stereocenters. The number of aromatic nitrogens is 2. The molecule has 0 aliphatic carbocycles. The molecule has 0 spiro atoms. The topological polar surface area (TPSA) is 89.4 Å². The van der Waals surface area contributed by atoms with E-state index in [1.54, 1.807) is 6.07 Å². The van der Waals surface area contributed by atoms with Crippen molar-refractivity contribution in [3.05, 3.63) is 23.8 Å². The zero-order valence-electron chi connectivity index (χ0n) is 11.1. The normalized spacial score (nSPS) is 11.7. The molecule has 1 N–H and O–H groups in total. The maximum atomic E-state index is 10.8. The van der Waals surface area contributed by atoms with E-state index in [2.05, 4.69) is 10.2 Å². The lowest BCUT2D eigenvalue weighted by Gasteiger charge is -2.19. The van der Waals surface area contributed by atoms with Crippen LogP contribution in [0.4, 0.5) is 0 Å². The Balaban J connectivity index is 2.11. The highest BCUT2D eigenvalue weighted by Gasteiger charge is 2.25. The van der Waals surface area contributed by atoms with Gasteiger partial charge < -0.3 is 13.9 Å². The van der Waals surface area contributed by atoms with Gasteiger partial charge in [-0.1, -0.05) is 13.8 Å². The van der Waals surface area contributed by atoms with Crippen LogP contribution in [0.15, 0.2) is 21.0 Å². The summed E-state index contributed by atoms with van der Waals surface area (Å²) in [6.45, 7) is 5.53. The summed E-state index contributed by atoms with van der Waals surface area (Å²) in [4.78, 5) is 10.8. The number of rotatable bonds is 5. The average molecular weight is 264 g/mol. The molecular weight excluding hydrogens is 248 g/mol. The second-order valence-corrected chi connectivity index (χ2v) is 5.32. The number of aliphatic carboxylic acids is 1. The van der Waals surface area contributed by atoms with E-state index in [9.17, 15) is 4.79 Å². The summed E-state index contributed by atoms with van der Waals surface area (Å²) in [5.41, 5.74) is -0.436. The van der Waals surface area contributed by atoms with Crippen molar-refractivity contribution in [2.45, 2.75) is 33.6 Å². The maximum Gasteiger partial charge on any atom is 0.303 e. The molecule has 2 heterocycles. The highest BCUT2D eigenvalue weighted by molar-refractivity contribution is 5.67. The first-order chi connectivity index (χ1) is 8.85. The van der Waals surface area contributed by atoms with Crippen LogP contribution in [0.3, 0.4) is 0 Å². The summed E-state index contributed by atoms with van der Waals surface area (Å²) in [6, 6.07) is 3.57. The number of carbonyl (C=O) groups is 1. The van der Waals surface area contributed by atoms with E-state index in [1.165, 1.54) is 0 Å². The van der Waals surface area contributed by atoms with E-state index >= 15 is 0 Å². The summed E-state index contributed by atoms with van der Waals surface area (Å²) in [6.07, 6.45) is 0.455. The molecule has 2 rings (SSSR count). The second kappa shape index (κ2) is 4.87. The van der Waals surface area contributed by atoms with Gasteiger partial charge in [0.1, 0.15) is 5.76 Å². The predicted octanol–water partition coefficient (Wildman–Crippen LogP) is 2.68. The van der Waals surface area contributed by atoms with Gasteiger partial charge in [-0.2, -0.15) is 0 Å². The number of aryl methyl sites for hydroxylation is 1. The van der Waals surface area contributed by atoms with Gasteiger partial charge in [0.15, 0.2) is 5.76 Å². The fourth-order valence-electron chi connectivity index (χ4n) is 1.86. The first-order valence-electron chi connectivity index (χ1n) is 5.97. The third kappa shape index (κ3) is 3.43. The smallest absolute Gasteiger partial charge is 0.303 e. The standard InChI is InChI=1S/C13H16N2O4/c1-8-4-5-9(18-8)12-15-14-10(19-12)6-13(2,3)7-11(16)17/h4-5H,6-7H2,1-3H3,(H,16,17). The molecule has 0 saturated heterocycles. The van der Waals surface area contributed by atoms with Crippen molar-refractivity contribution < 1.29 is 18.7 Å². The van der Waals surface area contributed by atoms with Crippen LogP contribution in [-0.2, 0) is 11.2 Å². The van der Waals surface area contributed by atoms with E-state index in [1.807, 2.05) is 26.8 Å². The Morgan fingerprint density at radius 2 is 2.05 bits per heavy atom. The van der Waals surface area contributed by atoms with Crippen LogP contribution in [0.25, 0.3) is 11.7 Å². The van der Waals surface area contributed by atoms with Gasteiger partial charge in [0.05, 0.1) is 6.42 Å². The molecule has 19 heavy (non-hydrogen) atoms. The summed E-state index contributed by atoms with van der Waals surface area (Å²) < 4.78 is 10.9. The fraction of sp³-hybridized carbons (Fsp3) is 0.462. The number of hydrogen-bond acceptors (Lipinski definition) is 5. The molecule has 0 saturated carbocycles. The number of carboxylic acids is 1. The molecular formula is C13H16N2O4. The summed E-state index contributed by atoms with van der Waals surface area (Å²) in [5, 5.41) is 16.7. The van der Waals surface area contributed by atoms with Crippen LogP contribution >= 0.6 is 0 Å². The van der Waals surface area contributed by atoms with E-state index in [0.717, 1.165) is 5.76 Å². The van der Waals surface area contributed by atoms with Gasteiger partial charge in [0, 0.05) is 6.42 Å². The van der Waals surface area contributed by atoms with E-state index < -0.39 is 11.4 Å². The molecule has 0 aliphatic rings. The van der Waals surface area contributed by atoms with Crippen LogP contribution in [0.5, 0.6) is 0 Å². The second-order valence-electron chi connectivity index (χ2n) is 5.32. The third-order valence-corrected chi connectivity index (χ3v) is 2.68. The van der Waals surface area contributed by atoms with Crippen LogP contribution in [0.2, 0.25) is 0 Å². The number of carboxylic acid groups (broad SMARTS) is 1. The molecule has 0 atom stereocenters. The van der Waals surface area contributed by atoms with Crippen LogP contribution < -0.4 is 0 Å². The monoisotopic (exact) mass is 264 g/mol. The molecule has 0 fully saturated rings. The Kier molecular flexibility index (Phi) is 3.42. The fourth-order valence-corrected chi connectivity index (χ4v) is 1.86. The van der Waals surface area contributed by atoms with E-state index in [-0.39, 0.29) is 6.42 Å². The van der Waals surface area contributed by atoms with Crippen molar-refractivity contribution in [1.29, 1.82) is 0 Å². The molecule has 2 aromatic rings. The van der Waals surface area contributed by atoms with Gasteiger partial charge in [-0.25, -0.2) is 0 Å². The van der Waals surface area contributed by atoms with Gasteiger partial charge in [-0.3, -0.25) is 4.79 Å². The van der Waals surface area contributed by atoms with Gasteiger partial charge in [0.25, 0.3) is 5.89 Å². The molecule has 0 amide bonds. The minimum absolute atomic E-state index is 0.0462. The molecule has 0 radical (unpaired) electrons. The van der Waals surface area contributed by atoms with Crippen molar-refractivity contribution in [1.82, 2.24) is 10.2 Å². The van der Waals surface area contributed by atoms with E-state index in [4.69, 9.17) is 13.9 Å². The van der Waals surface area contributed by atoms with Gasteiger partial charge in [-0.15, -0.1) is 10.2 Å². The molecule has 6 nitrogen and oxygen atoms in total. The lowest BCUT2D eigenvalue weighted by molar-refractivity contribution is -0.139. The van der Waals surface area contributed by atoms with Gasteiger partial charge in [0.2, 0.25) is 5.89 Å². The summed E-state index contributed by atoms with van der Waals surface area (Å²) in [5.74, 6) is 1.17. The Morgan fingerprint density at radius 1 is 1.32 bits per heavy atom. The van der Waals surface area contributed by atoms with Crippen LogP contribution in [0, 0.1) is 12.3 Å². The molecule has 6 heteroatoms. The molecule has 0 aliphatic heterocycles. The highest BCUT2D eigenvalue weighted by atomic mass is 16.4. The minimum atomic E-state index is -0.841. The summed E-state index contributed by atoms with van der Waals surface area (Å²) >= 11 is 0. The number of nitrogens with zero attached hydrogens (tertiary/aromatic N) is 2. The van der Waals surface area contributed by atoms with Crippen molar-refractivity contribution in [3.8, 4) is 11.7 Å². The predicted molar refractivity (Wildman–Crippen MR) is 66.5 cm³/mol. The summed E-state index contributed by atoms with van der Waals surface area (Å²) in [7, 11) is 0. The molecule has 102 valence electrons. The maximum absolute atomic E-state index is 10.8. The Morgan fingerprint density at radius 3 is 2.63 bits per heavy atom. The van der Waals surface area contributed by atoms with Crippen LogP contribution in [0.1, 0.15) is 31.9 Å². The van der Waals surface area contributed by atoms with Crippen molar-refractivity contribution in [2.75, 3.05) is 0 Å². The van der Waals surface area contributed by atoms with Gasteiger partial charge >= 0.3 is 5.97 Å². The van der Waals surface area contributed by atoms with Gasteiger partial charge in [-0.05, 0) is 24.5 Å². The van der Waals surface area contributed by atoms with Crippen LogP contribution in [-0.4, -0.2) is 21.3 Å². The molecule has 0 aromatic carbocycles.